The molecule has 0 aromatic rings. The van der Waals surface area contributed by atoms with E-state index in [-0.39, 0.29) is 6.09 Å². The quantitative estimate of drug-likeness (QED) is 0.519. The lowest BCUT2D eigenvalue weighted by Crippen LogP contribution is -2.34. The molecular formula is C12H23NO3. The third-order valence-electron chi connectivity index (χ3n) is 2.02. The number of unbranched alkanes of at least 4 members (excludes halogenated alkanes) is 3. The van der Waals surface area contributed by atoms with Crippen molar-refractivity contribution in [3.05, 3.63) is 0 Å². The standard InChI is InChI=1S/C12H23NO3/c1-12(2,3)16-11(15)13(4)9-7-5-6-8-10-14/h10H,5-9H2,1-4H3. The second-order valence-electron chi connectivity index (χ2n) is 4.92. The molecule has 0 aromatic carbocycles. The molecule has 0 bridgehead atoms. The average molecular weight is 229 g/mol. The molecule has 4 heteroatoms. The lowest BCUT2D eigenvalue weighted by molar-refractivity contribution is -0.107. The van der Waals surface area contributed by atoms with Crippen LogP contribution >= 0.6 is 0 Å². The number of ether oxygens (including phenoxy) is 1. The number of amides is 1. The number of rotatable bonds is 6. The predicted molar refractivity (Wildman–Crippen MR) is 63.4 cm³/mol. The number of nitrogens with zero attached hydrogens (tertiary/aromatic N) is 1. The lowest BCUT2D eigenvalue weighted by Gasteiger charge is -2.24. The van der Waals surface area contributed by atoms with Crippen molar-refractivity contribution in [3.8, 4) is 0 Å². The van der Waals surface area contributed by atoms with Crippen molar-refractivity contribution in [2.75, 3.05) is 13.6 Å². The minimum absolute atomic E-state index is 0.289. The van der Waals surface area contributed by atoms with E-state index in [4.69, 9.17) is 4.74 Å². The second kappa shape index (κ2) is 7.25. The molecule has 0 saturated heterocycles. The molecule has 0 unspecified atom stereocenters. The van der Waals surface area contributed by atoms with Gasteiger partial charge in [-0.25, -0.2) is 4.79 Å². The monoisotopic (exact) mass is 229 g/mol. The molecule has 16 heavy (non-hydrogen) atoms. The van der Waals surface area contributed by atoms with Crippen LogP contribution in [0.1, 0.15) is 46.5 Å². The van der Waals surface area contributed by atoms with Crippen molar-refractivity contribution in [1.29, 1.82) is 0 Å². The van der Waals surface area contributed by atoms with Gasteiger partial charge >= 0.3 is 6.09 Å². The Morgan fingerprint density at radius 3 is 2.38 bits per heavy atom. The summed E-state index contributed by atoms with van der Waals surface area (Å²) < 4.78 is 5.21. The van der Waals surface area contributed by atoms with E-state index in [2.05, 4.69) is 0 Å². The van der Waals surface area contributed by atoms with Gasteiger partial charge in [0.15, 0.2) is 0 Å². The van der Waals surface area contributed by atoms with Gasteiger partial charge in [0.1, 0.15) is 11.9 Å². The zero-order valence-electron chi connectivity index (χ0n) is 10.8. The van der Waals surface area contributed by atoms with E-state index in [9.17, 15) is 9.59 Å². The molecule has 0 atom stereocenters. The molecule has 4 nitrogen and oxygen atoms in total. The van der Waals surface area contributed by atoms with E-state index in [0.29, 0.717) is 13.0 Å². The maximum atomic E-state index is 11.5. The van der Waals surface area contributed by atoms with Crippen molar-refractivity contribution in [2.24, 2.45) is 0 Å². The predicted octanol–water partition coefficient (Wildman–Crippen LogP) is 2.61. The fourth-order valence-corrected chi connectivity index (χ4v) is 1.18. The van der Waals surface area contributed by atoms with Crippen LogP contribution in [-0.4, -0.2) is 36.5 Å². The molecule has 0 heterocycles. The fourth-order valence-electron chi connectivity index (χ4n) is 1.18. The van der Waals surface area contributed by atoms with Crippen molar-refractivity contribution in [1.82, 2.24) is 4.90 Å². The molecule has 1 amide bonds. The van der Waals surface area contributed by atoms with E-state index in [1.165, 1.54) is 0 Å². The summed E-state index contributed by atoms with van der Waals surface area (Å²) >= 11 is 0. The Labute approximate surface area is 98.0 Å². The number of hydrogen-bond acceptors (Lipinski definition) is 3. The molecule has 0 aromatic heterocycles. The van der Waals surface area contributed by atoms with Gasteiger partial charge in [-0.1, -0.05) is 6.42 Å². The van der Waals surface area contributed by atoms with E-state index in [1.54, 1.807) is 11.9 Å². The van der Waals surface area contributed by atoms with Crippen molar-refractivity contribution < 1.29 is 14.3 Å². The number of hydrogen-bond donors (Lipinski definition) is 0. The summed E-state index contributed by atoms with van der Waals surface area (Å²) in [7, 11) is 1.73. The van der Waals surface area contributed by atoms with Crippen LogP contribution in [0.5, 0.6) is 0 Å². The first-order chi connectivity index (χ1) is 7.37. The van der Waals surface area contributed by atoms with Crippen LogP contribution in [-0.2, 0) is 9.53 Å². The summed E-state index contributed by atoms with van der Waals surface area (Å²) in [6, 6.07) is 0. The second-order valence-corrected chi connectivity index (χ2v) is 4.92. The van der Waals surface area contributed by atoms with E-state index in [0.717, 1.165) is 25.5 Å². The van der Waals surface area contributed by atoms with Crippen LogP contribution in [0.25, 0.3) is 0 Å². The fraction of sp³-hybridized carbons (Fsp3) is 0.833. The van der Waals surface area contributed by atoms with Gasteiger partial charge in [-0.15, -0.1) is 0 Å². The Bertz CT molecular complexity index is 221. The molecule has 0 aliphatic carbocycles. The van der Waals surface area contributed by atoms with Crippen LogP contribution in [0, 0.1) is 0 Å². The van der Waals surface area contributed by atoms with Gasteiger partial charge in [0, 0.05) is 20.0 Å². The maximum Gasteiger partial charge on any atom is 0.410 e. The zero-order valence-corrected chi connectivity index (χ0v) is 10.8. The van der Waals surface area contributed by atoms with Crippen LogP contribution in [0.3, 0.4) is 0 Å². The smallest absolute Gasteiger partial charge is 0.410 e. The molecule has 0 N–H and O–H groups in total. The van der Waals surface area contributed by atoms with E-state index >= 15 is 0 Å². The van der Waals surface area contributed by atoms with Crippen LogP contribution in [0.15, 0.2) is 0 Å². The summed E-state index contributed by atoms with van der Waals surface area (Å²) in [5.74, 6) is 0. The summed E-state index contributed by atoms with van der Waals surface area (Å²) in [5, 5.41) is 0. The number of aldehydes is 1. The Morgan fingerprint density at radius 2 is 1.88 bits per heavy atom. The van der Waals surface area contributed by atoms with Crippen molar-refractivity contribution >= 4 is 12.4 Å². The molecule has 0 radical (unpaired) electrons. The largest absolute Gasteiger partial charge is 0.444 e. The molecule has 0 saturated carbocycles. The Morgan fingerprint density at radius 1 is 1.25 bits per heavy atom. The SMILES string of the molecule is CN(CCCCCC=O)C(=O)OC(C)(C)C. The van der Waals surface area contributed by atoms with Gasteiger partial charge in [0.25, 0.3) is 0 Å². The molecule has 0 spiro atoms. The maximum absolute atomic E-state index is 11.5. The van der Waals surface area contributed by atoms with Gasteiger partial charge in [0.2, 0.25) is 0 Å². The van der Waals surface area contributed by atoms with Crippen LogP contribution in [0.4, 0.5) is 4.79 Å². The van der Waals surface area contributed by atoms with Crippen molar-refractivity contribution in [2.45, 2.75) is 52.1 Å². The molecule has 94 valence electrons. The highest BCUT2D eigenvalue weighted by Crippen LogP contribution is 2.09. The normalized spacial score (nSPS) is 11.0. The molecule has 0 fully saturated rings. The summed E-state index contributed by atoms with van der Waals surface area (Å²) in [4.78, 5) is 23.2. The van der Waals surface area contributed by atoms with Gasteiger partial charge < -0.3 is 14.4 Å². The highest BCUT2D eigenvalue weighted by Gasteiger charge is 2.18. The third-order valence-corrected chi connectivity index (χ3v) is 2.02. The number of carbonyl (C=O) groups is 2. The van der Waals surface area contributed by atoms with Crippen molar-refractivity contribution in [3.63, 3.8) is 0 Å². The average Bonchev–Trinajstić information content (AvgIpc) is 2.14. The molecule has 0 aliphatic heterocycles. The summed E-state index contributed by atoms with van der Waals surface area (Å²) in [6.07, 6.45) is 4.01. The van der Waals surface area contributed by atoms with E-state index in [1.807, 2.05) is 20.8 Å². The lowest BCUT2D eigenvalue weighted by atomic mass is 10.2. The topological polar surface area (TPSA) is 46.6 Å². The summed E-state index contributed by atoms with van der Waals surface area (Å²) in [6.45, 7) is 6.22. The van der Waals surface area contributed by atoms with Gasteiger partial charge in [-0.3, -0.25) is 0 Å². The van der Waals surface area contributed by atoms with E-state index < -0.39 is 5.60 Å². The Balaban J connectivity index is 3.67. The first kappa shape index (κ1) is 14.9. The minimum atomic E-state index is -0.442. The number of carbonyl (C=O) groups excluding carboxylic acids is 2. The molecule has 0 aliphatic rings. The Hall–Kier alpha value is -1.06. The molecule has 0 rings (SSSR count). The van der Waals surface area contributed by atoms with Crippen LogP contribution in [0.2, 0.25) is 0 Å². The Kier molecular flexibility index (Phi) is 6.77. The first-order valence-corrected chi connectivity index (χ1v) is 5.74. The highest BCUT2D eigenvalue weighted by molar-refractivity contribution is 5.67. The third kappa shape index (κ3) is 8.26. The van der Waals surface area contributed by atoms with Gasteiger partial charge in [-0.2, -0.15) is 0 Å². The summed E-state index contributed by atoms with van der Waals surface area (Å²) in [5.41, 5.74) is -0.442. The molecular weight excluding hydrogens is 206 g/mol. The van der Waals surface area contributed by atoms with Gasteiger partial charge in [-0.05, 0) is 33.6 Å². The zero-order chi connectivity index (χ0) is 12.6. The van der Waals surface area contributed by atoms with Gasteiger partial charge in [0.05, 0.1) is 0 Å². The minimum Gasteiger partial charge on any atom is -0.444 e. The highest BCUT2D eigenvalue weighted by atomic mass is 16.6. The van der Waals surface area contributed by atoms with Crippen LogP contribution < -0.4 is 0 Å². The first-order valence-electron chi connectivity index (χ1n) is 5.74.